The molecule has 3 unspecified atom stereocenters. The predicted molar refractivity (Wildman–Crippen MR) is 102 cm³/mol. The molecule has 0 aromatic heterocycles. The van der Waals surface area contributed by atoms with Gasteiger partial charge in [-0.25, -0.2) is 5.84 Å². The molecule has 1 aromatic carbocycles. The molecule has 2 amide bonds. The molecule has 3 atom stereocenters. The van der Waals surface area contributed by atoms with Crippen LogP contribution in [-0.2, 0) is 9.59 Å². The van der Waals surface area contributed by atoms with Crippen LogP contribution in [0.5, 0.6) is 0 Å². The molecule has 0 saturated carbocycles. The van der Waals surface area contributed by atoms with Gasteiger partial charge in [0, 0.05) is 19.3 Å². The van der Waals surface area contributed by atoms with Crippen molar-refractivity contribution in [2.75, 3.05) is 18.1 Å². The highest BCUT2D eigenvalue weighted by Crippen LogP contribution is 2.18. The Morgan fingerprint density at radius 3 is 2.33 bits per heavy atom. The van der Waals surface area contributed by atoms with Crippen LogP contribution in [0, 0.1) is 0 Å². The number of benzene rings is 1. The third-order valence-corrected chi connectivity index (χ3v) is 4.60. The van der Waals surface area contributed by atoms with Gasteiger partial charge in [0.05, 0.1) is 11.7 Å². The monoisotopic (exact) mass is 376 g/mol. The summed E-state index contributed by atoms with van der Waals surface area (Å²) < 4.78 is 0. The molecule has 0 aliphatic carbocycles. The first kappa shape index (κ1) is 20.9. The fourth-order valence-corrected chi connectivity index (χ4v) is 2.97. The Balaban J connectivity index is 1.94. The zero-order valence-electron chi connectivity index (χ0n) is 15.7. The maximum Gasteiger partial charge on any atom is 0.254 e. The second-order valence-corrected chi connectivity index (χ2v) is 6.63. The number of allylic oxidation sites excluding steroid dienone is 1. The number of nitrogens with one attached hydrogen (secondary N) is 1. The average Bonchev–Trinajstić information content (AvgIpc) is 3.21. The molecule has 27 heavy (non-hydrogen) atoms. The first-order chi connectivity index (χ1) is 12.8. The summed E-state index contributed by atoms with van der Waals surface area (Å²) in [4.78, 5) is 25.8. The molecule has 8 nitrogen and oxygen atoms in total. The minimum Gasteiger partial charge on any atom is -0.380 e. The van der Waals surface area contributed by atoms with Crippen LogP contribution in [0.15, 0.2) is 36.5 Å². The Kier molecular flexibility index (Phi) is 7.35. The summed E-state index contributed by atoms with van der Waals surface area (Å²) in [5.41, 5.74) is 1.58. The van der Waals surface area contributed by atoms with Crippen LogP contribution in [0.4, 0.5) is 5.69 Å². The lowest BCUT2D eigenvalue weighted by Gasteiger charge is -2.24. The van der Waals surface area contributed by atoms with Gasteiger partial charge in [0.15, 0.2) is 12.2 Å². The van der Waals surface area contributed by atoms with E-state index in [9.17, 15) is 19.8 Å². The third-order valence-electron chi connectivity index (χ3n) is 4.60. The van der Waals surface area contributed by atoms with Crippen molar-refractivity contribution in [3.63, 3.8) is 0 Å². The van der Waals surface area contributed by atoms with E-state index < -0.39 is 30.1 Å². The van der Waals surface area contributed by atoms with Gasteiger partial charge in [-0.1, -0.05) is 18.2 Å². The van der Waals surface area contributed by atoms with E-state index in [4.69, 9.17) is 5.84 Å². The van der Waals surface area contributed by atoms with E-state index in [-0.39, 0.29) is 0 Å². The molecule has 0 bridgehead atoms. The van der Waals surface area contributed by atoms with Gasteiger partial charge >= 0.3 is 0 Å². The van der Waals surface area contributed by atoms with Crippen molar-refractivity contribution in [3.05, 3.63) is 42.1 Å². The molecule has 0 spiro atoms. The second-order valence-electron chi connectivity index (χ2n) is 6.63. The number of rotatable bonds is 7. The number of hydrogen-bond acceptors (Lipinski definition) is 6. The van der Waals surface area contributed by atoms with E-state index in [1.54, 1.807) is 25.3 Å². The number of nitrogens with two attached hydrogens (primary N) is 1. The van der Waals surface area contributed by atoms with Crippen molar-refractivity contribution >= 4 is 17.5 Å². The lowest BCUT2D eigenvalue weighted by atomic mass is 10.1. The van der Waals surface area contributed by atoms with E-state index in [1.165, 1.54) is 9.91 Å². The summed E-state index contributed by atoms with van der Waals surface area (Å²) in [6.07, 6.45) is 1.69. The van der Waals surface area contributed by atoms with Crippen molar-refractivity contribution in [2.24, 2.45) is 5.84 Å². The third kappa shape index (κ3) is 5.29. The summed E-state index contributed by atoms with van der Waals surface area (Å²) in [6, 6.07) is 6.81. The highest BCUT2D eigenvalue weighted by atomic mass is 16.3. The van der Waals surface area contributed by atoms with Crippen LogP contribution in [0.1, 0.15) is 38.3 Å². The van der Waals surface area contributed by atoms with Gasteiger partial charge in [-0.3, -0.25) is 14.6 Å². The van der Waals surface area contributed by atoms with Gasteiger partial charge < -0.3 is 20.4 Å². The lowest BCUT2D eigenvalue weighted by molar-refractivity contribution is -0.152. The van der Waals surface area contributed by atoms with Crippen LogP contribution in [0.25, 0.3) is 0 Å². The Hall–Kier alpha value is -2.42. The van der Waals surface area contributed by atoms with Gasteiger partial charge in [0.25, 0.3) is 11.8 Å². The topological polar surface area (TPSA) is 119 Å². The number of anilines is 1. The second kappa shape index (κ2) is 9.50. The number of hydrazine groups is 1. The molecular weight excluding hydrogens is 348 g/mol. The molecular formula is C19H28N4O4. The number of hydrogen-bond donors (Lipinski definition) is 4. The predicted octanol–water partition coefficient (Wildman–Crippen LogP) is 0.422. The number of likely N-dealkylation sites (tertiary alicyclic amines) is 1. The molecule has 2 rings (SSSR count). The summed E-state index contributed by atoms with van der Waals surface area (Å²) in [6.45, 7) is 4.69. The van der Waals surface area contributed by atoms with Crippen molar-refractivity contribution < 1.29 is 19.8 Å². The number of carbonyl (C=O) groups is 2. The van der Waals surface area contributed by atoms with E-state index in [2.05, 4.69) is 5.32 Å². The fraction of sp³-hybridized carbons (Fsp3) is 0.474. The Morgan fingerprint density at radius 2 is 1.78 bits per heavy atom. The lowest BCUT2D eigenvalue weighted by Crippen LogP contribution is -2.50. The first-order valence-corrected chi connectivity index (χ1v) is 9.07. The fourth-order valence-electron chi connectivity index (χ4n) is 2.97. The van der Waals surface area contributed by atoms with E-state index in [0.717, 1.165) is 24.1 Å². The van der Waals surface area contributed by atoms with Crippen LogP contribution in [0.2, 0.25) is 0 Å². The van der Waals surface area contributed by atoms with E-state index in [1.807, 2.05) is 25.1 Å². The molecule has 1 saturated heterocycles. The standard InChI is InChI=1S/C19H28N4O4/c1-3-10-23(20)15-8-6-14(7-9-15)13(2)21-18(26)16(24)17(25)19(27)22-11-4-5-12-22/h3,6-10,13,16-17,24-25H,4-5,11-12,20H2,1-2H3,(H,21,26)/b10-3-. The number of aliphatic hydroxyl groups excluding tert-OH is 2. The SMILES string of the molecule is C/C=C\N(N)c1ccc(C(C)NC(=O)C(O)C(O)C(=O)N2CCCC2)cc1. The molecule has 1 aliphatic heterocycles. The van der Waals surface area contributed by atoms with Crippen molar-refractivity contribution in [2.45, 2.75) is 44.9 Å². The zero-order chi connectivity index (χ0) is 20.0. The zero-order valence-corrected chi connectivity index (χ0v) is 15.7. The Morgan fingerprint density at radius 1 is 1.19 bits per heavy atom. The maximum absolute atomic E-state index is 12.2. The van der Waals surface area contributed by atoms with Gasteiger partial charge in [0.2, 0.25) is 0 Å². The molecule has 1 heterocycles. The summed E-state index contributed by atoms with van der Waals surface area (Å²) in [7, 11) is 0. The highest BCUT2D eigenvalue weighted by molar-refractivity contribution is 5.91. The quantitative estimate of drug-likeness (QED) is 0.405. The van der Waals surface area contributed by atoms with Crippen LogP contribution in [-0.4, -0.2) is 52.2 Å². The molecule has 1 fully saturated rings. The van der Waals surface area contributed by atoms with E-state index >= 15 is 0 Å². The van der Waals surface area contributed by atoms with Crippen molar-refractivity contribution in [1.82, 2.24) is 10.2 Å². The summed E-state index contributed by atoms with van der Waals surface area (Å²) >= 11 is 0. The largest absolute Gasteiger partial charge is 0.380 e. The Bertz CT molecular complexity index is 671. The van der Waals surface area contributed by atoms with Crippen LogP contribution in [0.3, 0.4) is 0 Å². The number of amides is 2. The average molecular weight is 376 g/mol. The first-order valence-electron chi connectivity index (χ1n) is 9.07. The van der Waals surface area contributed by atoms with E-state index in [0.29, 0.717) is 13.1 Å². The van der Waals surface area contributed by atoms with Gasteiger partial charge in [-0.2, -0.15) is 0 Å². The maximum atomic E-state index is 12.2. The van der Waals surface area contributed by atoms with Gasteiger partial charge in [-0.05, 0) is 44.4 Å². The van der Waals surface area contributed by atoms with Crippen LogP contribution >= 0.6 is 0 Å². The van der Waals surface area contributed by atoms with Crippen molar-refractivity contribution in [1.29, 1.82) is 0 Å². The molecule has 8 heteroatoms. The van der Waals surface area contributed by atoms with Gasteiger partial charge in [0.1, 0.15) is 0 Å². The summed E-state index contributed by atoms with van der Waals surface area (Å²) in [5.74, 6) is 4.44. The van der Waals surface area contributed by atoms with Crippen LogP contribution < -0.4 is 16.2 Å². The highest BCUT2D eigenvalue weighted by Gasteiger charge is 2.34. The van der Waals surface area contributed by atoms with Crippen molar-refractivity contribution in [3.8, 4) is 0 Å². The minimum absolute atomic E-state index is 0.414. The summed E-state index contributed by atoms with van der Waals surface area (Å²) in [5, 5.41) is 24.2. The molecule has 5 N–H and O–H groups in total. The minimum atomic E-state index is -1.81. The van der Waals surface area contributed by atoms with Gasteiger partial charge in [-0.15, -0.1) is 0 Å². The Labute approximate surface area is 159 Å². The smallest absolute Gasteiger partial charge is 0.254 e. The molecule has 0 radical (unpaired) electrons. The molecule has 148 valence electrons. The number of carbonyl (C=O) groups excluding carboxylic acids is 2. The normalized spacial score (nSPS) is 17.6. The number of nitrogens with zero attached hydrogens (tertiary/aromatic N) is 2. The number of aliphatic hydroxyl groups is 2. The molecule has 1 aromatic rings. The molecule has 1 aliphatic rings.